The molecule has 3 rings (SSSR count). The molecule has 0 fully saturated rings. The Balaban J connectivity index is 1.80. The Bertz CT molecular complexity index is 969. The Morgan fingerprint density at radius 2 is 2.11 bits per heavy atom. The van der Waals surface area contributed by atoms with Crippen LogP contribution in [-0.2, 0) is 13.5 Å². The Hall–Kier alpha value is -2.35. The first-order valence-electron chi connectivity index (χ1n) is 8.21. The van der Waals surface area contributed by atoms with Gasteiger partial charge in [-0.25, -0.2) is 4.39 Å². The Labute approximate surface area is 165 Å². The first-order chi connectivity index (χ1) is 12.9. The predicted octanol–water partition coefficient (Wildman–Crippen LogP) is 2.96. The van der Waals surface area contributed by atoms with Crippen LogP contribution in [0.1, 0.15) is 15.9 Å². The van der Waals surface area contributed by atoms with Crippen molar-refractivity contribution in [2.75, 3.05) is 6.54 Å². The van der Waals surface area contributed by atoms with Crippen molar-refractivity contribution in [3.05, 3.63) is 69.8 Å². The number of carbonyl (C=O) groups is 1. The third-order valence-corrected chi connectivity index (χ3v) is 4.81. The molecular weight excluding hydrogens is 392 g/mol. The lowest BCUT2D eigenvalue weighted by Crippen LogP contribution is -2.41. The number of aromatic nitrogens is 3. The number of aryl methyl sites for hydroxylation is 1. The molecule has 0 bridgehead atoms. The topological polar surface area (TPSA) is 77.9 Å². The molecule has 1 amide bonds. The Morgan fingerprint density at radius 1 is 1.33 bits per heavy atom. The quantitative estimate of drug-likeness (QED) is 0.656. The van der Waals surface area contributed by atoms with Crippen molar-refractivity contribution in [3.63, 3.8) is 0 Å². The molecule has 1 atom stereocenters. The normalized spacial score (nSPS) is 12.2. The van der Waals surface area contributed by atoms with E-state index in [0.717, 1.165) is 5.56 Å². The van der Waals surface area contributed by atoms with E-state index in [9.17, 15) is 9.18 Å². The van der Waals surface area contributed by atoms with Crippen LogP contribution in [0.5, 0.6) is 0 Å². The van der Waals surface area contributed by atoms with Gasteiger partial charge in [0.25, 0.3) is 5.91 Å². The highest BCUT2D eigenvalue weighted by Crippen LogP contribution is 2.29. The summed E-state index contributed by atoms with van der Waals surface area (Å²) in [5, 5.41) is 7.35. The average Bonchev–Trinajstić information content (AvgIpc) is 3.16. The molecule has 6 nitrogen and oxygen atoms in total. The van der Waals surface area contributed by atoms with E-state index in [2.05, 4.69) is 10.4 Å². The first-order valence-corrected chi connectivity index (χ1v) is 8.96. The molecule has 27 heavy (non-hydrogen) atoms. The second kappa shape index (κ2) is 8.12. The second-order valence-electron chi connectivity index (χ2n) is 6.06. The summed E-state index contributed by atoms with van der Waals surface area (Å²) >= 11 is 12.7. The molecule has 142 valence electrons. The number of benzene rings is 1. The summed E-state index contributed by atoms with van der Waals surface area (Å²) in [5.41, 5.74) is 6.73. The lowest BCUT2D eigenvalue weighted by atomic mass is 10.1. The van der Waals surface area contributed by atoms with Crippen molar-refractivity contribution < 1.29 is 9.18 Å². The number of nitrogens with two attached hydrogens (primary N) is 1. The minimum Gasteiger partial charge on any atom is -0.348 e. The molecule has 3 aromatic rings. The van der Waals surface area contributed by atoms with E-state index >= 15 is 0 Å². The maximum atomic E-state index is 13.4. The van der Waals surface area contributed by atoms with Gasteiger partial charge in [0.1, 0.15) is 21.9 Å². The van der Waals surface area contributed by atoms with Crippen molar-refractivity contribution in [1.82, 2.24) is 19.7 Å². The molecule has 0 aliphatic heterocycles. The predicted molar refractivity (Wildman–Crippen MR) is 103 cm³/mol. The van der Waals surface area contributed by atoms with Crippen LogP contribution in [0.2, 0.25) is 10.3 Å². The van der Waals surface area contributed by atoms with E-state index in [0.29, 0.717) is 12.2 Å². The fourth-order valence-electron chi connectivity index (χ4n) is 2.82. The second-order valence-corrected chi connectivity index (χ2v) is 6.81. The lowest BCUT2D eigenvalue weighted by Gasteiger charge is -2.17. The largest absolute Gasteiger partial charge is 0.348 e. The number of carbonyl (C=O) groups excluding carboxylic acids is 1. The van der Waals surface area contributed by atoms with Crippen molar-refractivity contribution in [3.8, 4) is 5.82 Å². The zero-order chi connectivity index (χ0) is 19.6. The first kappa shape index (κ1) is 19.4. The smallest absolute Gasteiger partial charge is 0.254 e. The Morgan fingerprint density at radius 3 is 2.74 bits per heavy atom. The van der Waals surface area contributed by atoms with Crippen molar-refractivity contribution >= 4 is 29.1 Å². The van der Waals surface area contributed by atoms with Gasteiger partial charge in [0.15, 0.2) is 0 Å². The highest BCUT2D eigenvalue weighted by atomic mass is 35.5. The molecule has 0 aliphatic rings. The molecule has 3 N–H and O–H groups in total. The van der Waals surface area contributed by atoms with Crippen LogP contribution < -0.4 is 11.1 Å². The number of nitrogens with zero attached hydrogens (tertiary/aromatic N) is 3. The van der Waals surface area contributed by atoms with Gasteiger partial charge in [0.05, 0.1) is 11.8 Å². The van der Waals surface area contributed by atoms with Crippen LogP contribution in [0.3, 0.4) is 0 Å². The van der Waals surface area contributed by atoms with Gasteiger partial charge in [-0.3, -0.25) is 14.0 Å². The van der Waals surface area contributed by atoms with Gasteiger partial charge in [-0.2, -0.15) is 5.10 Å². The minimum absolute atomic E-state index is 0.169. The maximum Gasteiger partial charge on any atom is 0.254 e. The summed E-state index contributed by atoms with van der Waals surface area (Å²) in [5.74, 6) is -0.119. The molecule has 0 saturated carbocycles. The summed E-state index contributed by atoms with van der Waals surface area (Å²) in [4.78, 5) is 12.7. The number of nitrogens with one attached hydrogen (secondary N) is 1. The number of hydrogen-bond donors (Lipinski definition) is 2. The monoisotopic (exact) mass is 409 g/mol. The van der Waals surface area contributed by atoms with Gasteiger partial charge in [0, 0.05) is 25.7 Å². The molecule has 0 saturated heterocycles. The summed E-state index contributed by atoms with van der Waals surface area (Å²) in [7, 11) is 1.74. The fourth-order valence-corrected chi connectivity index (χ4v) is 3.46. The number of amides is 1. The number of halogens is 3. The zero-order valence-corrected chi connectivity index (χ0v) is 16.0. The summed E-state index contributed by atoms with van der Waals surface area (Å²) in [6.45, 7) is 0.191. The van der Waals surface area contributed by atoms with Crippen LogP contribution in [0.15, 0.2) is 42.6 Å². The molecular formula is C18H18Cl2FN5O. The summed E-state index contributed by atoms with van der Waals surface area (Å²) < 4.78 is 16.5. The van der Waals surface area contributed by atoms with Gasteiger partial charge in [-0.15, -0.1) is 0 Å². The van der Waals surface area contributed by atoms with Crippen LogP contribution >= 0.6 is 23.2 Å². The third-order valence-electron chi connectivity index (χ3n) is 4.16. The van der Waals surface area contributed by atoms with E-state index < -0.39 is 5.91 Å². The minimum atomic E-state index is -0.408. The molecule has 0 aliphatic carbocycles. The third kappa shape index (κ3) is 4.16. The van der Waals surface area contributed by atoms with E-state index in [-0.39, 0.29) is 34.3 Å². The molecule has 2 heterocycles. The molecule has 1 aromatic carbocycles. The molecule has 9 heteroatoms. The highest BCUT2D eigenvalue weighted by Gasteiger charge is 2.22. The van der Waals surface area contributed by atoms with Crippen molar-refractivity contribution in [2.24, 2.45) is 12.8 Å². The van der Waals surface area contributed by atoms with Crippen molar-refractivity contribution in [1.29, 1.82) is 0 Å². The van der Waals surface area contributed by atoms with Crippen molar-refractivity contribution in [2.45, 2.75) is 12.5 Å². The van der Waals surface area contributed by atoms with Gasteiger partial charge in [-0.05, 0) is 30.2 Å². The zero-order valence-electron chi connectivity index (χ0n) is 14.5. The Kier molecular flexibility index (Phi) is 5.84. The van der Waals surface area contributed by atoms with Gasteiger partial charge >= 0.3 is 0 Å². The highest BCUT2D eigenvalue weighted by molar-refractivity contribution is 6.36. The van der Waals surface area contributed by atoms with E-state index in [1.807, 2.05) is 0 Å². The van der Waals surface area contributed by atoms with Crippen LogP contribution in [-0.4, -0.2) is 32.8 Å². The van der Waals surface area contributed by atoms with Gasteiger partial charge < -0.3 is 11.1 Å². The molecule has 0 radical (unpaired) electrons. The number of hydrogen-bond acceptors (Lipinski definition) is 3. The molecule has 0 spiro atoms. The standard InChI is InChI=1S/C18H18Cl2FN5O/c1-25-16(5-6-23-25)26-15(19)9-14(17(26)20)18(27)24-13(10-22)8-11-3-2-4-12(21)7-11/h2-7,9,13H,8,10,22H2,1H3,(H,24,27)/t13-/m0/s1. The van der Waals surface area contributed by atoms with E-state index in [1.165, 1.54) is 22.8 Å². The van der Waals surface area contributed by atoms with Crippen LogP contribution in [0.25, 0.3) is 5.82 Å². The fraction of sp³-hybridized carbons (Fsp3) is 0.222. The summed E-state index contributed by atoms with van der Waals surface area (Å²) in [6, 6.07) is 9.01. The average molecular weight is 410 g/mol. The lowest BCUT2D eigenvalue weighted by molar-refractivity contribution is 0.0938. The van der Waals surface area contributed by atoms with Crippen LogP contribution in [0.4, 0.5) is 4.39 Å². The SMILES string of the molecule is Cn1nccc1-n1c(Cl)cc(C(=O)N[C@H](CN)Cc2cccc(F)c2)c1Cl. The summed E-state index contributed by atoms with van der Waals surface area (Å²) in [6.07, 6.45) is 2.00. The van der Waals surface area contributed by atoms with E-state index in [4.69, 9.17) is 28.9 Å². The molecule has 2 aromatic heterocycles. The van der Waals surface area contributed by atoms with Gasteiger partial charge in [0.2, 0.25) is 0 Å². The maximum absolute atomic E-state index is 13.4. The molecule has 0 unspecified atom stereocenters. The van der Waals surface area contributed by atoms with Gasteiger partial charge in [-0.1, -0.05) is 35.3 Å². The van der Waals surface area contributed by atoms with E-state index in [1.54, 1.807) is 36.1 Å². The van der Waals surface area contributed by atoms with Crippen LogP contribution in [0, 0.1) is 5.82 Å². The number of rotatable bonds is 6.